The number of hydrogen-bond acceptors (Lipinski definition) is 4. The van der Waals surface area contributed by atoms with Crippen LogP contribution in [0.2, 0.25) is 0 Å². The number of carbonyl (C=O) groups is 1. The van der Waals surface area contributed by atoms with Gasteiger partial charge in [-0.2, -0.15) is 0 Å². The molecule has 0 saturated carbocycles. The number of likely N-dealkylation sites (tertiary alicyclic amines) is 1. The second-order valence-corrected chi connectivity index (χ2v) is 8.97. The van der Waals surface area contributed by atoms with Crippen molar-refractivity contribution >= 4 is 6.09 Å². The molecular formula is C19H35N3O2. The van der Waals surface area contributed by atoms with Crippen molar-refractivity contribution in [3.8, 4) is 0 Å². The van der Waals surface area contributed by atoms with Crippen LogP contribution in [0.15, 0.2) is 0 Å². The van der Waals surface area contributed by atoms with Crippen molar-refractivity contribution in [3.05, 3.63) is 0 Å². The average molecular weight is 338 g/mol. The summed E-state index contributed by atoms with van der Waals surface area (Å²) < 4.78 is 5.41. The molecule has 2 bridgehead atoms. The zero-order chi connectivity index (χ0) is 17.5. The van der Waals surface area contributed by atoms with Crippen LogP contribution in [0.4, 0.5) is 4.79 Å². The molecule has 24 heavy (non-hydrogen) atoms. The van der Waals surface area contributed by atoms with Crippen molar-refractivity contribution in [1.29, 1.82) is 0 Å². The number of rotatable bonds is 4. The van der Waals surface area contributed by atoms with Gasteiger partial charge in [0.05, 0.1) is 0 Å². The molecule has 5 nitrogen and oxygen atoms in total. The Morgan fingerprint density at radius 2 is 1.96 bits per heavy atom. The second kappa shape index (κ2) is 6.83. The molecule has 0 aromatic rings. The van der Waals surface area contributed by atoms with E-state index in [-0.39, 0.29) is 12.1 Å². The summed E-state index contributed by atoms with van der Waals surface area (Å²) in [6.07, 6.45) is 3.49. The lowest BCUT2D eigenvalue weighted by molar-refractivity contribution is 0.000774. The molecule has 0 aliphatic carbocycles. The van der Waals surface area contributed by atoms with Gasteiger partial charge < -0.3 is 10.1 Å². The topological polar surface area (TPSA) is 44.8 Å². The van der Waals surface area contributed by atoms with E-state index < -0.39 is 5.60 Å². The fourth-order valence-corrected chi connectivity index (χ4v) is 5.19. The zero-order valence-electron chi connectivity index (χ0n) is 16.0. The molecule has 4 atom stereocenters. The van der Waals surface area contributed by atoms with E-state index in [2.05, 4.69) is 29.0 Å². The SMILES string of the molecule is CCN1CC2C3CCN(CC3)C2C1CC(C)NC(=O)OC(C)(C)C. The summed E-state index contributed by atoms with van der Waals surface area (Å²) in [6.45, 7) is 15.0. The van der Waals surface area contributed by atoms with Crippen LogP contribution >= 0.6 is 0 Å². The molecule has 0 radical (unpaired) electrons. The minimum Gasteiger partial charge on any atom is -0.444 e. The Balaban J connectivity index is 1.61. The smallest absolute Gasteiger partial charge is 0.407 e. The van der Waals surface area contributed by atoms with Gasteiger partial charge in [-0.15, -0.1) is 0 Å². The van der Waals surface area contributed by atoms with Crippen LogP contribution in [-0.2, 0) is 4.74 Å². The summed E-state index contributed by atoms with van der Waals surface area (Å²) in [5.74, 6) is 1.76. The first-order chi connectivity index (χ1) is 11.3. The quantitative estimate of drug-likeness (QED) is 0.857. The second-order valence-electron chi connectivity index (χ2n) is 8.97. The number of alkyl carbamates (subject to hydrolysis) is 1. The van der Waals surface area contributed by atoms with Gasteiger partial charge >= 0.3 is 6.09 Å². The first-order valence-corrected chi connectivity index (χ1v) is 9.76. The number of nitrogens with one attached hydrogen (secondary N) is 1. The molecule has 1 N–H and O–H groups in total. The van der Waals surface area contributed by atoms with Crippen molar-refractivity contribution in [2.24, 2.45) is 11.8 Å². The Labute approximate surface area is 147 Å². The number of piperidine rings is 3. The highest BCUT2D eigenvalue weighted by molar-refractivity contribution is 5.68. The van der Waals surface area contributed by atoms with Crippen LogP contribution in [0, 0.1) is 11.8 Å². The predicted octanol–water partition coefficient (Wildman–Crippen LogP) is 2.70. The van der Waals surface area contributed by atoms with Crippen molar-refractivity contribution in [1.82, 2.24) is 15.1 Å². The normalized spacial score (nSPS) is 37.1. The molecule has 4 heterocycles. The number of carbonyl (C=O) groups excluding carboxylic acids is 1. The Morgan fingerprint density at radius 3 is 2.54 bits per heavy atom. The Hall–Kier alpha value is -0.810. The van der Waals surface area contributed by atoms with Gasteiger partial charge in [0.25, 0.3) is 0 Å². The van der Waals surface area contributed by atoms with Gasteiger partial charge in [0.2, 0.25) is 0 Å². The van der Waals surface area contributed by atoms with E-state index in [0.29, 0.717) is 12.1 Å². The fourth-order valence-electron chi connectivity index (χ4n) is 5.19. The van der Waals surface area contributed by atoms with E-state index in [0.717, 1.165) is 24.8 Å². The minimum absolute atomic E-state index is 0.138. The van der Waals surface area contributed by atoms with Crippen molar-refractivity contribution in [2.75, 3.05) is 26.2 Å². The summed E-state index contributed by atoms with van der Waals surface area (Å²) >= 11 is 0. The van der Waals surface area contributed by atoms with Gasteiger partial charge in [0.1, 0.15) is 5.60 Å². The lowest BCUT2D eigenvalue weighted by Crippen LogP contribution is -2.58. The van der Waals surface area contributed by atoms with Crippen molar-refractivity contribution in [2.45, 2.75) is 77.6 Å². The average Bonchev–Trinajstić information content (AvgIpc) is 2.87. The van der Waals surface area contributed by atoms with Gasteiger partial charge in [0.15, 0.2) is 0 Å². The van der Waals surface area contributed by atoms with Crippen LogP contribution in [0.5, 0.6) is 0 Å². The number of hydrogen-bond donors (Lipinski definition) is 1. The lowest BCUT2D eigenvalue weighted by atomic mass is 9.73. The number of nitrogens with zero attached hydrogens (tertiary/aromatic N) is 2. The van der Waals surface area contributed by atoms with Crippen molar-refractivity contribution < 1.29 is 9.53 Å². The Morgan fingerprint density at radius 1 is 1.29 bits per heavy atom. The molecule has 4 fully saturated rings. The monoisotopic (exact) mass is 337 g/mol. The summed E-state index contributed by atoms with van der Waals surface area (Å²) in [5, 5.41) is 3.04. The van der Waals surface area contributed by atoms with E-state index in [1.807, 2.05) is 20.8 Å². The van der Waals surface area contributed by atoms with Gasteiger partial charge in [-0.1, -0.05) is 6.92 Å². The van der Waals surface area contributed by atoms with Gasteiger partial charge in [0, 0.05) is 24.7 Å². The molecule has 4 aliphatic heterocycles. The molecule has 138 valence electrons. The van der Waals surface area contributed by atoms with Crippen LogP contribution in [0.25, 0.3) is 0 Å². The zero-order valence-corrected chi connectivity index (χ0v) is 16.0. The summed E-state index contributed by atoms with van der Waals surface area (Å²) in [5.41, 5.74) is -0.439. The largest absolute Gasteiger partial charge is 0.444 e. The van der Waals surface area contributed by atoms with E-state index in [1.54, 1.807) is 0 Å². The highest BCUT2D eigenvalue weighted by atomic mass is 16.6. The highest BCUT2D eigenvalue weighted by Crippen LogP contribution is 2.44. The van der Waals surface area contributed by atoms with Gasteiger partial charge in [-0.25, -0.2) is 4.79 Å². The summed E-state index contributed by atoms with van der Waals surface area (Å²) in [6, 6.07) is 1.40. The molecule has 1 amide bonds. The van der Waals surface area contributed by atoms with E-state index >= 15 is 0 Å². The molecule has 0 spiro atoms. The summed E-state index contributed by atoms with van der Waals surface area (Å²) in [4.78, 5) is 17.4. The first kappa shape index (κ1) is 18.0. The van der Waals surface area contributed by atoms with E-state index in [4.69, 9.17) is 4.74 Å². The number of likely N-dealkylation sites (N-methyl/N-ethyl adjacent to an activating group) is 1. The third-order valence-corrected chi connectivity index (χ3v) is 6.11. The van der Waals surface area contributed by atoms with Gasteiger partial charge in [-0.3, -0.25) is 9.80 Å². The van der Waals surface area contributed by atoms with E-state index in [1.165, 1.54) is 32.5 Å². The maximum Gasteiger partial charge on any atom is 0.407 e. The van der Waals surface area contributed by atoms with Crippen LogP contribution in [0.1, 0.15) is 53.9 Å². The molecule has 5 heteroatoms. The Bertz CT molecular complexity index is 454. The minimum atomic E-state index is -0.439. The Kier molecular flexibility index (Phi) is 5.12. The van der Waals surface area contributed by atoms with Crippen LogP contribution in [-0.4, -0.2) is 65.8 Å². The van der Waals surface area contributed by atoms with E-state index in [9.17, 15) is 4.79 Å². The molecule has 0 aromatic heterocycles. The maximum absolute atomic E-state index is 12.0. The molecule has 4 unspecified atom stereocenters. The van der Waals surface area contributed by atoms with Crippen molar-refractivity contribution in [3.63, 3.8) is 0 Å². The third-order valence-electron chi connectivity index (χ3n) is 6.11. The molecule has 4 saturated heterocycles. The van der Waals surface area contributed by atoms with Gasteiger partial charge in [-0.05, 0) is 78.4 Å². The maximum atomic E-state index is 12.0. The fraction of sp³-hybridized carbons (Fsp3) is 0.947. The number of ether oxygens (including phenoxy) is 1. The lowest BCUT2D eigenvalue weighted by Gasteiger charge is -2.50. The summed E-state index contributed by atoms with van der Waals surface area (Å²) in [7, 11) is 0. The standard InChI is InChI=1S/C19H35N3O2/c1-6-21-12-15-14-7-9-22(10-8-14)17(15)16(21)11-13(2)20-18(23)24-19(3,4)5/h13-17H,6-12H2,1-5H3,(H,20,23). The van der Waals surface area contributed by atoms with Crippen LogP contribution in [0.3, 0.4) is 0 Å². The highest BCUT2D eigenvalue weighted by Gasteiger charge is 2.51. The molecular weight excluding hydrogens is 302 g/mol. The third kappa shape index (κ3) is 3.72. The molecule has 0 aromatic carbocycles. The first-order valence-electron chi connectivity index (χ1n) is 9.76. The molecule has 4 rings (SSSR count). The van der Waals surface area contributed by atoms with Crippen LogP contribution < -0.4 is 5.32 Å². The number of fused-ring (bicyclic) bond motifs is 2. The molecule has 4 aliphatic rings. The number of amides is 1. The predicted molar refractivity (Wildman–Crippen MR) is 96.1 cm³/mol.